The van der Waals surface area contributed by atoms with Gasteiger partial charge in [-0.15, -0.1) is 6.58 Å². The van der Waals surface area contributed by atoms with Crippen LogP contribution >= 0.6 is 7.82 Å². The molecule has 0 saturated carbocycles. The molecule has 0 heterocycles. The first kappa shape index (κ1) is 55.2. The maximum atomic E-state index is 12.6. The van der Waals surface area contributed by atoms with Crippen LogP contribution in [0.25, 0.3) is 0 Å². The molecule has 11 heteroatoms. The molecule has 0 aromatic heterocycles. The summed E-state index contributed by atoms with van der Waals surface area (Å²) in [5.74, 6) is -0.927. The van der Waals surface area contributed by atoms with E-state index >= 15 is 0 Å². The van der Waals surface area contributed by atoms with Crippen LogP contribution in [-0.4, -0.2) is 65.7 Å². The van der Waals surface area contributed by atoms with Crippen molar-refractivity contribution in [3.8, 4) is 0 Å². The molecular formula is C46H85O10P. The molecule has 0 aliphatic heterocycles. The summed E-state index contributed by atoms with van der Waals surface area (Å²) >= 11 is 0. The van der Waals surface area contributed by atoms with Crippen LogP contribution in [0.15, 0.2) is 37.0 Å². The third kappa shape index (κ3) is 42.1. The van der Waals surface area contributed by atoms with Gasteiger partial charge in [0.05, 0.1) is 19.8 Å². The van der Waals surface area contributed by atoms with Crippen molar-refractivity contribution in [2.45, 2.75) is 218 Å². The van der Waals surface area contributed by atoms with Crippen LogP contribution in [0.2, 0.25) is 0 Å². The van der Waals surface area contributed by atoms with Gasteiger partial charge in [0.1, 0.15) is 12.7 Å². The van der Waals surface area contributed by atoms with Crippen LogP contribution in [0.4, 0.5) is 0 Å². The van der Waals surface area contributed by atoms with Gasteiger partial charge in [0.25, 0.3) is 0 Å². The van der Waals surface area contributed by atoms with Gasteiger partial charge < -0.3 is 24.6 Å². The lowest BCUT2D eigenvalue weighted by molar-refractivity contribution is -0.161. The molecule has 1 unspecified atom stereocenters. The topological polar surface area (TPSA) is 149 Å². The zero-order valence-electron chi connectivity index (χ0n) is 36.1. The highest BCUT2D eigenvalue weighted by molar-refractivity contribution is 7.47. The number of aliphatic hydroxyl groups is 2. The lowest BCUT2D eigenvalue weighted by atomic mass is 10.0. The van der Waals surface area contributed by atoms with Gasteiger partial charge >= 0.3 is 19.8 Å². The zero-order valence-corrected chi connectivity index (χ0v) is 37.0. The van der Waals surface area contributed by atoms with E-state index < -0.39 is 51.8 Å². The standard InChI is InChI=1S/C46H85O10P/c1-3-5-7-9-11-13-15-17-19-20-21-22-24-25-27-29-31-33-35-37-45(49)53-41-44(42-55-57(51,52)54-40-43(48)39-47)56-46(50)38-36-34-32-30-28-26-23-18-16-14-12-10-8-6-4-2/h4,11,13,17,19,43-44,47-48H,2-3,5-10,12,14-16,18,20-42H2,1H3,(H,51,52)/b13-11+,19-17+/t43-,44+/m0/s1. The predicted molar refractivity (Wildman–Crippen MR) is 233 cm³/mol. The Labute approximate surface area is 348 Å². The summed E-state index contributed by atoms with van der Waals surface area (Å²) in [4.78, 5) is 35.0. The molecule has 3 N–H and O–H groups in total. The van der Waals surface area contributed by atoms with Gasteiger partial charge in [-0.05, 0) is 57.8 Å². The van der Waals surface area contributed by atoms with Crippen molar-refractivity contribution in [3.05, 3.63) is 37.0 Å². The summed E-state index contributed by atoms with van der Waals surface area (Å²) in [6.45, 7) is 3.89. The number of ether oxygens (including phenoxy) is 2. The summed E-state index contributed by atoms with van der Waals surface area (Å²) < 4.78 is 32.8. The molecule has 57 heavy (non-hydrogen) atoms. The Bertz CT molecular complexity index is 1030. The average molecular weight is 829 g/mol. The Balaban J connectivity index is 4.22. The van der Waals surface area contributed by atoms with E-state index in [4.69, 9.17) is 23.6 Å². The van der Waals surface area contributed by atoms with Gasteiger partial charge in [0.15, 0.2) is 6.10 Å². The van der Waals surface area contributed by atoms with Crippen LogP contribution in [-0.2, 0) is 32.7 Å². The van der Waals surface area contributed by atoms with E-state index in [0.29, 0.717) is 12.8 Å². The minimum Gasteiger partial charge on any atom is -0.462 e. The predicted octanol–water partition coefficient (Wildman–Crippen LogP) is 12.3. The summed E-state index contributed by atoms with van der Waals surface area (Å²) in [5.41, 5.74) is 0. The number of unbranched alkanes of at least 4 members (excludes halogenated alkanes) is 25. The van der Waals surface area contributed by atoms with Crippen LogP contribution in [0, 0.1) is 0 Å². The Morgan fingerprint density at radius 2 is 1.00 bits per heavy atom. The Morgan fingerprint density at radius 3 is 1.47 bits per heavy atom. The molecule has 334 valence electrons. The van der Waals surface area contributed by atoms with E-state index in [1.807, 2.05) is 6.08 Å². The van der Waals surface area contributed by atoms with Gasteiger partial charge in [0, 0.05) is 12.8 Å². The summed E-state index contributed by atoms with van der Waals surface area (Å²) in [6, 6.07) is 0. The summed E-state index contributed by atoms with van der Waals surface area (Å²) in [6.07, 6.45) is 42.8. The highest BCUT2D eigenvalue weighted by atomic mass is 31.2. The first-order chi connectivity index (χ1) is 27.7. The molecule has 0 radical (unpaired) electrons. The molecule has 0 fully saturated rings. The lowest BCUT2D eigenvalue weighted by Gasteiger charge is -2.20. The fraction of sp³-hybridized carbons (Fsp3) is 0.826. The van der Waals surface area contributed by atoms with E-state index in [-0.39, 0.29) is 19.4 Å². The van der Waals surface area contributed by atoms with Crippen LogP contribution < -0.4 is 0 Å². The minimum atomic E-state index is -4.62. The van der Waals surface area contributed by atoms with Gasteiger partial charge in [-0.25, -0.2) is 4.57 Å². The minimum absolute atomic E-state index is 0.182. The molecule has 0 aliphatic rings. The first-order valence-corrected chi connectivity index (χ1v) is 24.4. The van der Waals surface area contributed by atoms with Crippen LogP contribution in [0.5, 0.6) is 0 Å². The molecule has 0 rings (SSSR count). The SMILES string of the molecule is C=CCCCCCCCCCCCCCCCC(=O)O[C@H](COC(=O)CCCCCCCCCCC/C=C/C/C=C/CCCCC)COP(=O)(O)OC[C@@H](O)CO. The van der Waals surface area contributed by atoms with Crippen molar-refractivity contribution >= 4 is 19.8 Å². The third-order valence-electron chi connectivity index (χ3n) is 9.91. The van der Waals surface area contributed by atoms with Crippen LogP contribution in [0.1, 0.15) is 206 Å². The lowest BCUT2D eigenvalue weighted by Crippen LogP contribution is -2.29. The molecule has 0 saturated heterocycles. The number of rotatable bonds is 44. The average Bonchev–Trinajstić information content (AvgIpc) is 3.20. The Morgan fingerprint density at radius 1 is 0.579 bits per heavy atom. The monoisotopic (exact) mass is 829 g/mol. The second-order valence-corrected chi connectivity index (χ2v) is 17.0. The number of aliphatic hydroxyl groups excluding tert-OH is 2. The largest absolute Gasteiger partial charge is 0.472 e. The Kier molecular flexibility index (Phi) is 41.0. The normalized spacial score (nSPS) is 13.9. The highest BCUT2D eigenvalue weighted by Gasteiger charge is 2.27. The molecule has 0 aliphatic carbocycles. The van der Waals surface area contributed by atoms with E-state index in [9.17, 15) is 24.2 Å². The summed E-state index contributed by atoms with van der Waals surface area (Å²) in [7, 11) is -4.62. The van der Waals surface area contributed by atoms with Crippen molar-refractivity contribution < 1.29 is 47.8 Å². The quantitative estimate of drug-likeness (QED) is 0.0234. The van der Waals surface area contributed by atoms with Crippen molar-refractivity contribution in [2.24, 2.45) is 0 Å². The number of esters is 2. The third-order valence-corrected chi connectivity index (χ3v) is 10.9. The fourth-order valence-electron chi connectivity index (χ4n) is 6.36. The van der Waals surface area contributed by atoms with Crippen LogP contribution in [0.3, 0.4) is 0 Å². The second kappa shape index (κ2) is 42.3. The number of hydrogen-bond donors (Lipinski definition) is 3. The molecule has 0 aromatic carbocycles. The number of hydrogen-bond acceptors (Lipinski definition) is 9. The van der Waals surface area contributed by atoms with E-state index in [2.05, 4.69) is 37.8 Å². The van der Waals surface area contributed by atoms with Crippen molar-refractivity contribution in [3.63, 3.8) is 0 Å². The molecule has 0 aromatic rings. The Hall–Kier alpha value is -1.81. The molecular weight excluding hydrogens is 743 g/mol. The number of carbonyl (C=O) groups is 2. The second-order valence-electron chi connectivity index (χ2n) is 15.5. The van der Waals surface area contributed by atoms with Crippen molar-refractivity contribution in [1.29, 1.82) is 0 Å². The van der Waals surface area contributed by atoms with E-state index in [0.717, 1.165) is 57.8 Å². The maximum absolute atomic E-state index is 12.6. The molecule has 10 nitrogen and oxygen atoms in total. The van der Waals surface area contributed by atoms with Gasteiger partial charge in [-0.3, -0.25) is 18.6 Å². The number of phosphoric ester groups is 1. The molecule has 0 bridgehead atoms. The first-order valence-electron chi connectivity index (χ1n) is 22.9. The number of carbonyl (C=O) groups excluding carboxylic acids is 2. The number of allylic oxidation sites excluding steroid dienone is 5. The molecule has 3 atom stereocenters. The van der Waals surface area contributed by atoms with E-state index in [1.165, 1.54) is 116 Å². The van der Waals surface area contributed by atoms with Gasteiger partial charge in [-0.2, -0.15) is 0 Å². The fourth-order valence-corrected chi connectivity index (χ4v) is 7.15. The highest BCUT2D eigenvalue weighted by Crippen LogP contribution is 2.43. The summed E-state index contributed by atoms with van der Waals surface area (Å²) in [5, 5.41) is 18.3. The van der Waals surface area contributed by atoms with E-state index in [1.54, 1.807) is 0 Å². The van der Waals surface area contributed by atoms with Crippen molar-refractivity contribution in [2.75, 3.05) is 26.4 Å². The maximum Gasteiger partial charge on any atom is 0.472 e. The van der Waals surface area contributed by atoms with Gasteiger partial charge in [-0.1, -0.05) is 166 Å². The van der Waals surface area contributed by atoms with Crippen molar-refractivity contribution in [1.82, 2.24) is 0 Å². The number of phosphoric acid groups is 1. The smallest absolute Gasteiger partial charge is 0.462 e. The molecule has 0 amide bonds. The zero-order chi connectivity index (χ0) is 41.9. The molecule has 0 spiro atoms. The van der Waals surface area contributed by atoms with Gasteiger partial charge in [0.2, 0.25) is 0 Å².